The molecule has 1 heterocycles. The Morgan fingerprint density at radius 1 is 1.03 bits per heavy atom. The number of halogens is 3. The molecular weight excluding hydrogens is 503 g/mol. The van der Waals surface area contributed by atoms with Crippen LogP contribution in [-0.4, -0.2) is 48.0 Å². The maximum Gasteiger partial charge on any atom is 0.573 e. The van der Waals surface area contributed by atoms with E-state index >= 15 is 0 Å². The molecule has 1 N–H and O–H groups in total. The van der Waals surface area contributed by atoms with Crippen molar-refractivity contribution in [1.29, 1.82) is 0 Å². The summed E-state index contributed by atoms with van der Waals surface area (Å²) in [6, 6.07) is 15.0. The Hall–Kier alpha value is -2.66. The maximum absolute atomic E-state index is 13.6. The normalized spacial score (nSPS) is 26.7. The van der Waals surface area contributed by atoms with Gasteiger partial charge in [-0.3, -0.25) is 4.79 Å². The summed E-state index contributed by atoms with van der Waals surface area (Å²) in [7, 11) is 0. The Kier molecular flexibility index (Phi) is 8.37. The van der Waals surface area contributed by atoms with Gasteiger partial charge in [-0.15, -0.1) is 13.2 Å². The van der Waals surface area contributed by atoms with E-state index in [1.54, 1.807) is 19.9 Å². The topological polar surface area (TPSA) is 75.3 Å². The van der Waals surface area contributed by atoms with E-state index in [9.17, 15) is 18.0 Å². The first kappa shape index (κ1) is 28.4. The predicted molar refractivity (Wildman–Crippen MR) is 132 cm³/mol. The molecule has 4 atom stereocenters. The first-order valence-corrected chi connectivity index (χ1v) is 12.6. The minimum Gasteiger partial charge on any atom is -0.406 e. The zero-order valence-electron chi connectivity index (χ0n) is 21.9. The molecule has 0 aromatic heterocycles. The molecule has 2 aromatic carbocycles. The Bertz CT molecular complexity index is 1090. The van der Waals surface area contributed by atoms with E-state index in [0.29, 0.717) is 5.56 Å². The molecule has 0 bridgehead atoms. The van der Waals surface area contributed by atoms with Crippen molar-refractivity contribution < 1.29 is 41.7 Å². The van der Waals surface area contributed by atoms with Crippen LogP contribution in [-0.2, 0) is 37.0 Å². The van der Waals surface area contributed by atoms with Crippen molar-refractivity contribution in [3.8, 4) is 5.75 Å². The van der Waals surface area contributed by atoms with Gasteiger partial charge in [-0.25, -0.2) is 0 Å². The second kappa shape index (κ2) is 11.2. The van der Waals surface area contributed by atoms with Crippen molar-refractivity contribution in [3.63, 3.8) is 0 Å². The Labute approximate surface area is 220 Å². The monoisotopic (exact) mass is 537 g/mol. The molecule has 2 fully saturated rings. The summed E-state index contributed by atoms with van der Waals surface area (Å²) < 4.78 is 67.0. The van der Waals surface area contributed by atoms with Crippen LogP contribution >= 0.6 is 0 Å². The van der Waals surface area contributed by atoms with Crippen LogP contribution in [0.1, 0.15) is 51.7 Å². The summed E-state index contributed by atoms with van der Waals surface area (Å²) in [5.74, 6) is -1.51. The number of amides is 1. The molecular formula is C28H34F3NO6. The summed E-state index contributed by atoms with van der Waals surface area (Å²) >= 11 is 0. The lowest BCUT2D eigenvalue weighted by Gasteiger charge is -2.43. The van der Waals surface area contributed by atoms with Gasteiger partial charge in [0.15, 0.2) is 11.4 Å². The lowest BCUT2D eigenvalue weighted by molar-refractivity contribution is -0.274. The van der Waals surface area contributed by atoms with Crippen molar-refractivity contribution in [2.45, 2.75) is 95.9 Å². The zero-order valence-corrected chi connectivity index (χ0v) is 21.9. The average molecular weight is 538 g/mol. The van der Waals surface area contributed by atoms with Crippen molar-refractivity contribution in [3.05, 3.63) is 65.7 Å². The molecule has 1 unspecified atom stereocenters. The average Bonchev–Trinajstić information content (AvgIpc) is 3.14. The molecule has 1 aliphatic carbocycles. The predicted octanol–water partition coefficient (Wildman–Crippen LogP) is 5.26. The maximum atomic E-state index is 13.6. The van der Waals surface area contributed by atoms with Crippen LogP contribution in [0.25, 0.3) is 0 Å². The van der Waals surface area contributed by atoms with Crippen molar-refractivity contribution in [2.75, 3.05) is 0 Å². The number of hydrogen-bond donors (Lipinski definition) is 1. The number of benzene rings is 2. The van der Waals surface area contributed by atoms with Crippen LogP contribution in [0, 0.1) is 0 Å². The number of fused-ring (bicyclic) bond motifs is 1. The second-order valence-corrected chi connectivity index (χ2v) is 10.5. The van der Waals surface area contributed by atoms with Crippen LogP contribution in [0.3, 0.4) is 0 Å². The summed E-state index contributed by atoms with van der Waals surface area (Å²) in [5, 5.41) is 2.97. The molecule has 10 heteroatoms. The number of carbonyl (C=O) groups excluding carboxylic acids is 1. The highest BCUT2D eigenvalue weighted by Crippen LogP contribution is 2.44. The molecule has 7 nitrogen and oxygen atoms in total. The Balaban J connectivity index is 1.58. The summed E-state index contributed by atoms with van der Waals surface area (Å²) in [6.07, 6.45) is -5.96. The van der Waals surface area contributed by atoms with Crippen molar-refractivity contribution >= 4 is 5.91 Å². The third-order valence-corrected chi connectivity index (χ3v) is 6.44. The third kappa shape index (κ3) is 7.25. The summed E-state index contributed by atoms with van der Waals surface area (Å²) in [4.78, 5) is 13.6. The second-order valence-electron chi connectivity index (χ2n) is 10.5. The van der Waals surface area contributed by atoms with Crippen LogP contribution in [0.5, 0.6) is 5.75 Å². The quantitative estimate of drug-likeness (QED) is 0.470. The van der Waals surface area contributed by atoms with Crippen molar-refractivity contribution in [1.82, 2.24) is 5.32 Å². The smallest absolute Gasteiger partial charge is 0.406 e. The van der Waals surface area contributed by atoms with Gasteiger partial charge in [0.1, 0.15) is 11.9 Å². The van der Waals surface area contributed by atoms with E-state index in [1.165, 1.54) is 18.2 Å². The lowest BCUT2D eigenvalue weighted by Crippen LogP contribution is -2.60. The molecule has 2 aromatic rings. The van der Waals surface area contributed by atoms with Gasteiger partial charge in [-0.2, -0.15) is 0 Å². The molecule has 1 saturated carbocycles. The molecule has 38 heavy (non-hydrogen) atoms. The number of hydrogen-bond acceptors (Lipinski definition) is 6. The van der Waals surface area contributed by atoms with E-state index in [-0.39, 0.29) is 43.8 Å². The highest BCUT2D eigenvalue weighted by atomic mass is 19.4. The number of alkyl halides is 3. The SMILES string of the molecule is CC(C)NC(=O)[C@@]1(OCc2ccccc2)CC(OCc2cccc(OC(F)(F)F)c2)[C@@H]2OC(C)(C)O[C@@H]2C1. The van der Waals surface area contributed by atoms with E-state index < -0.39 is 36.1 Å². The summed E-state index contributed by atoms with van der Waals surface area (Å²) in [5.41, 5.74) is 0.125. The van der Waals surface area contributed by atoms with Gasteiger partial charge in [0.2, 0.25) is 0 Å². The van der Waals surface area contributed by atoms with Crippen molar-refractivity contribution in [2.24, 2.45) is 0 Å². The van der Waals surface area contributed by atoms with Gasteiger partial charge < -0.3 is 29.0 Å². The first-order valence-electron chi connectivity index (χ1n) is 12.6. The molecule has 1 amide bonds. The van der Waals surface area contributed by atoms with Gasteiger partial charge in [0.25, 0.3) is 5.91 Å². The number of rotatable bonds is 9. The van der Waals surface area contributed by atoms with Crippen LogP contribution in [0.2, 0.25) is 0 Å². The molecule has 2 aliphatic rings. The van der Waals surface area contributed by atoms with E-state index in [4.69, 9.17) is 18.9 Å². The fourth-order valence-electron chi connectivity index (χ4n) is 4.93. The third-order valence-electron chi connectivity index (χ3n) is 6.44. The zero-order chi connectivity index (χ0) is 27.6. The van der Waals surface area contributed by atoms with Crippen LogP contribution < -0.4 is 10.1 Å². The summed E-state index contributed by atoms with van der Waals surface area (Å²) in [6.45, 7) is 7.51. The molecule has 4 rings (SSSR count). The van der Waals surface area contributed by atoms with E-state index in [1.807, 2.05) is 44.2 Å². The molecule has 0 radical (unpaired) electrons. The first-order chi connectivity index (χ1) is 17.8. The number of carbonyl (C=O) groups is 1. The fraction of sp³-hybridized carbons (Fsp3) is 0.536. The highest BCUT2D eigenvalue weighted by Gasteiger charge is 2.58. The van der Waals surface area contributed by atoms with Gasteiger partial charge in [-0.1, -0.05) is 42.5 Å². The number of ether oxygens (including phenoxy) is 5. The molecule has 1 saturated heterocycles. The minimum atomic E-state index is -4.80. The van der Waals surface area contributed by atoms with Crippen LogP contribution in [0.4, 0.5) is 13.2 Å². The molecule has 1 aliphatic heterocycles. The van der Waals surface area contributed by atoms with Gasteiger partial charge in [-0.05, 0) is 51.0 Å². The minimum absolute atomic E-state index is 0.0205. The van der Waals surface area contributed by atoms with Gasteiger partial charge in [0, 0.05) is 18.9 Å². The van der Waals surface area contributed by atoms with E-state index in [2.05, 4.69) is 10.1 Å². The van der Waals surface area contributed by atoms with Gasteiger partial charge >= 0.3 is 6.36 Å². The highest BCUT2D eigenvalue weighted by molar-refractivity contribution is 5.85. The lowest BCUT2D eigenvalue weighted by atomic mass is 9.78. The Morgan fingerprint density at radius 3 is 2.42 bits per heavy atom. The number of nitrogens with one attached hydrogen (secondary N) is 1. The van der Waals surface area contributed by atoms with Gasteiger partial charge in [0.05, 0.1) is 25.4 Å². The standard InChI is InChI=1S/C28H34F3NO6/c1-18(2)32-25(33)27(35-17-19-9-6-5-7-10-19)14-22(24-23(15-27)37-26(3,4)38-24)34-16-20-11-8-12-21(13-20)36-28(29,30)31/h5-13,18,22-24H,14-17H2,1-4H3,(H,32,33)/t22?,23-,24+,27-/m1/s1. The van der Waals surface area contributed by atoms with E-state index in [0.717, 1.165) is 5.56 Å². The largest absolute Gasteiger partial charge is 0.573 e. The van der Waals surface area contributed by atoms with Crippen LogP contribution in [0.15, 0.2) is 54.6 Å². The molecule has 0 spiro atoms. The Morgan fingerprint density at radius 2 is 1.74 bits per heavy atom. The molecule has 208 valence electrons. The fourth-order valence-corrected chi connectivity index (χ4v) is 4.93.